The maximum atomic E-state index is 13.3. The van der Waals surface area contributed by atoms with Crippen molar-refractivity contribution in [2.75, 3.05) is 25.6 Å². The summed E-state index contributed by atoms with van der Waals surface area (Å²) in [6, 6.07) is 7.42. The normalized spacial score (nSPS) is 24.4. The Morgan fingerprint density at radius 1 is 1.29 bits per heavy atom. The maximum Gasteiger partial charge on any atom is 0.359 e. The van der Waals surface area contributed by atoms with Crippen molar-refractivity contribution in [3.63, 3.8) is 0 Å². The number of halogens is 2. The molecule has 3 heterocycles. The third-order valence-corrected chi connectivity index (χ3v) is 8.13. The molecule has 0 aliphatic carbocycles. The number of nitrogens with zero attached hydrogens (tertiary/aromatic N) is 3. The quantitative estimate of drug-likeness (QED) is 0.178. The lowest BCUT2D eigenvalue weighted by Crippen LogP contribution is -2.40. The van der Waals surface area contributed by atoms with E-state index in [1.807, 2.05) is 6.92 Å². The van der Waals surface area contributed by atoms with E-state index >= 15 is 0 Å². The van der Waals surface area contributed by atoms with Gasteiger partial charge in [0.15, 0.2) is 17.2 Å². The molecule has 4 rings (SSSR count). The monoisotopic (exact) mass is 574 g/mol. The van der Waals surface area contributed by atoms with Gasteiger partial charge in [0.2, 0.25) is 0 Å². The third-order valence-electron chi connectivity index (χ3n) is 6.44. The van der Waals surface area contributed by atoms with E-state index in [0.29, 0.717) is 11.1 Å². The van der Waals surface area contributed by atoms with Crippen molar-refractivity contribution in [3.05, 3.63) is 53.1 Å². The molecule has 3 aromatic rings. The van der Waals surface area contributed by atoms with Crippen LogP contribution in [0.15, 0.2) is 36.5 Å². The molecule has 0 radical (unpaired) electrons. The first kappa shape index (κ1) is 28.8. The molecule has 1 aliphatic rings. The number of aliphatic hydroxyl groups excluding tert-OH is 2. The van der Waals surface area contributed by atoms with E-state index in [1.165, 1.54) is 37.0 Å². The van der Waals surface area contributed by atoms with Crippen molar-refractivity contribution < 1.29 is 43.2 Å². The summed E-state index contributed by atoms with van der Waals surface area (Å²) in [4.78, 5) is 23.7. The van der Waals surface area contributed by atoms with E-state index in [2.05, 4.69) is 15.4 Å². The number of aromatic nitrogens is 3. The minimum Gasteiger partial charge on any atom is -0.387 e. The molecular weight excluding hydrogens is 546 g/mol. The minimum absolute atomic E-state index is 0.123. The third kappa shape index (κ3) is 5.71. The average Bonchev–Trinajstić information content (AvgIpc) is 3.38. The molecule has 6 atom stereocenters. The molecule has 0 bridgehead atoms. The van der Waals surface area contributed by atoms with Crippen molar-refractivity contribution in [1.82, 2.24) is 14.8 Å². The van der Waals surface area contributed by atoms with Crippen LogP contribution in [-0.4, -0.2) is 78.7 Å². The molecule has 15 heteroatoms. The average molecular weight is 575 g/mol. The Labute approximate surface area is 222 Å². The Morgan fingerprint density at radius 2 is 1.97 bits per heavy atom. The van der Waals surface area contributed by atoms with Gasteiger partial charge in [-0.3, -0.25) is 4.57 Å². The molecule has 2 aromatic heterocycles. The minimum atomic E-state index is -4.75. The Kier molecular flexibility index (Phi) is 8.43. The lowest BCUT2D eigenvalue weighted by Gasteiger charge is -2.31. The van der Waals surface area contributed by atoms with Crippen LogP contribution in [-0.2, 0) is 18.8 Å². The highest BCUT2D eigenvalue weighted by Crippen LogP contribution is 2.51. The van der Waals surface area contributed by atoms with E-state index < -0.39 is 50.7 Å². The fourth-order valence-electron chi connectivity index (χ4n) is 4.17. The van der Waals surface area contributed by atoms with E-state index in [0.717, 1.165) is 5.56 Å². The fourth-order valence-corrected chi connectivity index (χ4v) is 4.90. The molecule has 5 N–H and O–H groups in total. The van der Waals surface area contributed by atoms with Crippen LogP contribution in [0.25, 0.3) is 11.0 Å². The van der Waals surface area contributed by atoms with Gasteiger partial charge in [-0.1, -0.05) is 23.7 Å². The van der Waals surface area contributed by atoms with Crippen molar-refractivity contribution in [1.29, 1.82) is 0 Å². The SMILES string of the molecule is COCC(C)(OC[C@H]1O[C@@H](n2ncc3c(N[C@@H](C)c4ccc(F)cc4)cc(Cl)nc32)[C@H](O)[C@@H]1O)P(=O)(O)O. The standard InChI is InChI=1S/C23H29ClFN4O8P/c1-12(13-4-6-14(25)7-5-13)27-16-8-18(24)28-21-15(16)9-26-29(21)22-20(31)19(30)17(37-22)10-36-23(2,11-35-3)38(32,33)34/h4-9,12,17,19-20,22,30-31H,10-11H2,1-3H3,(H,27,28)(H2,32,33,34)/t12-,17+,19+,20+,22+,23?/m0/s1. The molecule has 1 fully saturated rings. The number of ether oxygens (including phenoxy) is 3. The Bertz CT molecular complexity index is 1320. The lowest BCUT2D eigenvalue weighted by molar-refractivity contribution is -0.107. The second-order valence-corrected chi connectivity index (χ2v) is 11.7. The predicted molar refractivity (Wildman–Crippen MR) is 135 cm³/mol. The Morgan fingerprint density at radius 3 is 2.61 bits per heavy atom. The smallest absolute Gasteiger partial charge is 0.359 e. The zero-order chi connectivity index (χ0) is 27.8. The Hall–Kier alpha value is -2.19. The van der Waals surface area contributed by atoms with E-state index in [1.54, 1.807) is 18.2 Å². The van der Waals surface area contributed by atoms with Crippen LogP contribution in [0.5, 0.6) is 0 Å². The number of nitrogens with one attached hydrogen (secondary N) is 1. The van der Waals surface area contributed by atoms with E-state index in [9.17, 15) is 29.0 Å². The number of hydrogen-bond acceptors (Lipinski definition) is 9. The summed E-state index contributed by atoms with van der Waals surface area (Å²) >= 11 is 6.28. The second kappa shape index (κ2) is 11.1. The molecular formula is C23H29ClFN4O8P. The van der Waals surface area contributed by atoms with Gasteiger partial charge in [0.05, 0.1) is 30.5 Å². The van der Waals surface area contributed by atoms with Gasteiger partial charge in [0.1, 0.15) is 29.3 Å². The largest absolute Gasteiger partial charge is 0.387 e. The number of fused-ring (bicyclic) bond motifs is 1. The van der Waals surface area contributed by atoms with Gasteiger partial charge in [-0.05, 0) is 37.6 Å². The summed E-state index contributed by atoms with van der Waals surface area (Å²) in [5.74, 6) is -0.345. The number of anilines is 1. The summed E-state index contributed by atoms with van der Waals surface area (Å²) in [6.45, 7) is 2.21. The first-order valence-corrected chi connectivity index (χ1v) is 13.6. The van der Waals surface area contributed by atoms with Crippen LogP contribution in [0.2, 0.25) is 5.15 Å². The molecule has 0 saturated carbocycles. The second-order valence-electron chi connectivity index (χ2n) is 9.25. The number of methoxy groups -OCH3 is 1. The summed E-state index contributed by atoms with van der Waals surface area (Å²) in [5, 5.41) is 27.6. The number of pyridine rings is 1. The Balaban J connectivity index is 1.56. The first-order chi connectivity index (χ1) is 17.8. The van der Waals surface area contributed by atoms with Crippen LogP contribution >= 0.6 is 19.2 Å². The van der Waals surface area contributed by atoms with Crippen molar-refractivity contribution >= 4 is 35.9 Å². The maximum absolute atomic E-state index is 13.3. The lowest BCUT2D eigenvalue weighted by atomic mass is 10.1. The van der Waals surface area contributed by atoms with Gasteiger partial charge in [-0.2, -0.15) is 5.10 Å². The molecule has 1 saturated heterocycles. The number of rotatable bonds is 10. The molecule has 38 heavy (non-hydrogen) atoms. The molecule has 1 unspecified atom stereocenters. The zero-order valence-corrected chi connectivity index (χ0v) is 22.4. The van der Waals surface area contributed by atoms with Gasteiger partial charge in [0.25, 0.3) is 0 Å². The summed E-state index contributed by atoms with van der Waals surface area (Å²) in [6.07, 6.45) is -3.78. The number of hydrogen-bond donors (Lipinski definition) is 5. The van der Waals surface area contributed by atoms with E-state index in [4.69, 9.17) is 25.8 Å². The van der Waals surface area contributed by atoms with Crippen LogP contribution in [0.1, 0.15) is 31.7 Å². The number of benzene rings is 1. The topological polar surface area (TPSA) is 168 Å². The van der Waals surface area contributed by atoms with Gasteiger partial charge in [-0.25, -0.2) is 14.1 Å². The van der Waals surface area contributed by atoms with Crippen molar-refractivity contribution in [2.24, 2.45) is 0 Å². The highest BCUT2D eigenvalue weighted by Gasteiger charge is 2.49. The molecule has 1 aliphatic heterocycles. The summed E-state index contributed by atoms with van der Waals surface area (Å²) in [5.41, 5.74) is 1.66. The van der Waals surface area contributed by atoms with Gasteiger partial charge >= 0.3 is 7.60 Å². The van der Waals surface area contributed by atoms with Crippen molar-refractivity contribution in [3.8, 4) is 0 Å². The van der Waals surface area contributed by atoms with Crippen LogP contribution in [0.4, 0.5) is 10.1 Å². The number of aliphatic hydroxyl groups is 2. The summed E-state index contributed by atoms with van der Waals surface area (Å²) in [7, 11) is -3.49. The predicted octanol–water partition coefficient (Wildman–Crippen LogP) is 2.57. The van der Waals surface area contributed by atoms with Crippen molar-refractivity contribution in [2.45, 2.75) is 49.8 Å². The van der Waals surface area contributed by atoms with Crippen LogP contribution in [0.3, 0.4) is 0 Å². The van der Waals surface area contributed by atoms with Crippen LogP contribution in [0, 0.1) is 5.82 Å². The molecule has 1 aromatic carbocycles. The van der Waals surface area contributed by atoms with Crippen LogP contribution < -0.4 is 5.32 Å². The highest BCUT2D eigenvalue weighted by molar-refractivity contribution is 7.53. The molecule has 208 valence electrons. The van der Waals surface area contributed by atoms with Gasteiger partial charge < -0.3 is 39.5 Å². The highest BCUT2D eigenvalue weighted by atomic mass is 35.5. The van der Waals surface area contributed by atoms with Gasteiger partial charge in [0, 0.05) is 13.2 Å². The van der Waals surface area contributed by atoms with Gasteiger partial charge in [-0.15, -0.1) is 0 Å². The van der Waals surface area contributed by atoms with E-state index in [-0.39, 0.29) is 22.7 Å². The summed E-state index contributed by atoms with van der Waals surface area (Å²) < 4.78 is 42.6. The molecule has 0 amide bonds. The zero-order valence-electron chi connectivity index (χ0n) is 20.7. The molecule has 12 nitrogen and oxygen atoms in total. The fraction of sp³-hybridized carbons (Fsp3) is 0.478. The first-order valence-electron chi connectivity index (χ1n) is 11.6. The molecule has 0 spiro atoms.